The van der Waals surface area contributed by atoms with Gasteiger partial charge >= 0.3 is 0 Å². The van der Waals surface area contributed by atoms with Crippen LogP contribution in [0.15, 0.2) is 22.7 Å². The standard InChI is InChI=1S/C12H12BrClN2O2/c1-3-9(13)12-15-11(16-18-12)8-6-7(14)4-5-10(8)17-2/h4-6,9H,3H2,1-2H3. The minimum atomic E-state index is 0.0592. The van der Waals surface area contributed by atoms with Crippen LogP contribution < -0.4 is 4.74 Å². The lowest BCUT2D eigenvalue weighted by molar-refractivity contribution is 0.376. The topological polar surface area (TPSA) is 48.2 Å². The SMILES string of the molecule is CCC(Br)c1nc(-c2cc(Cl)ccc2OC)no1. The fourth-order valence-electron chi connectivity index (χ4n) is 1.50. The van der Waals surface area contributed by atoms with E-state index in [4.69, 9.17) is 20.9 Å². The molecule has 0 radical (unpaired) electrons. The van der Waals surface area contributed by atoms with Crippen molar-refractivity contribution in [3.8, 4) is 17.1 Å². The van der Waals surface area contributed by atoms with Crippen molar-refractivity contribution in [3.63, 3.8) is 0 Å². The third-order valence-electron chi connectivity index (χ3n) is 2.47. The molecule has 1 heterocycles. The van der Waals surface area contributed by atoms with Crippen LogP contribution in [0.2, 0.25) is 5.02 Å². The zero-order chi connectivity index (χ0) is 13.1. The number of hydrogen-bond donors (Lipinski definition) is 0. The molecule has 6 heteroatoms. The Kier molecular flexibility index (Phi) is 4.24. The second kappa shape index (κ2) is 5.71. The van der Waals surface area contributed by atoms with Gasteiger partial charge in [-0.3, -0.25) is 0 Å². The molecule has 1 atom stereocenters. The lowest BCUT2D eigenvalue weighted by Gasteiger charge is -2.04. The van der Waals surface area contributed by atoms with Gasteiger partial charge in [-0.15, -0.1) is 0 Å². The Morgan fingerprint density at radius 2 is 2.28 bits per heavy atom. The van der Waals surface area contributed by atoms with Crippen LogP contribution in [0.4, 0.5) is 0 Å². The van der Waals surface area contributed by atoms with E-state index in [1.165, 1.54) is 0 Å². The number of rotatable bonds is 4. The van der Waals surface area contributed by atoms with Crippen LogP contribution in [-0.2, 0) is 0 Å². The quantitative estimate of drug-likeness (QED) is 0.786. The summed E-state index contributed by atoms with van der Waals surface area (Å²) in [6.07, 6.45) is 0.869. The minimum Gasteiger partial charge on any atom is -0.496 e. The summed E-state index contributed by atoms with van der Waals surface area (Å²) in [5, 5.41) is 4.55. The zero-order valence-electron chi connectivity index (χ0n) is 9.98. The first-order valence-corrected chi connectivity index (χ1v) is 6.76. The van der Waals surface area contributed by atoms with Gasteiger partial charge in [-0.1, -0.05) is 39.6 Å². The first-order valence-electron chi connectivity index (χ1n) is 5.47. The van der Waals surface area contributed by atoms with Crippen molar-refractivity contribution >= 4 is 27.5 Å². The van der Waals surface area contributed by atoms with Crippen LogP contribution >= 0.6 is 27.5 Å². The average Bonchev–Trinajstić information content (AvgIpc) is 2.87. The van der Waals surface area contributed by atoms with Crippen molar-refractivity contribution in [2.75, 3.05) is 7.11 Å². The highest BCUT2D eigenvalue weighted by Gasteiger charge is 2.17. The maximum atomic E-state index is 5.97. The lowest BCUT2D eigenvalue weighted by Crippen LogP contribution is -1.91. The molecule has 18 heavy (non-hydrogen) atoms. The number of hydrogen-bond acceptors (Lipinski definition) is 4. The summed E-state index contributed by atoms with van der Waals surface area (Å²) in [4.78, 5) is 4.40. The van der Waals surface area contributed by atoms with Gasteiger partial charge in [-0.05, 0) is 24.6 Å². The Labute approximate surface area is 118 Å². The second-order valence-electron chi connectivity index (χ2n) is 3.68. The summed E-state index contributed by atoms with van der Waals surface area (Å²) in [7, 11) is 1.59. The average molecular weight is 332 g/mol. The third-order valence-corrected chi connectivity index (χ3v) is 3.74. The van der Waals surface area contributed by atoms with E-state index >= 15 is 0 Å². The highest BCUT2D eigenvalue weighted by Crippen LogP contribution is 2.32. The van der Waals surface area contributed by atoms with Crippen molar-refractivity contribution < 1.29 is 9.26 Å². The van der Waals surface area contributed by atoms with Gasteiger partial charge in [0.1, 0.15) is 5.75 Å². The number of alkyl halides is 1. The Hall–Kier alpha value is -1.07. The number of halogens is 2. The Morgan fingerprint density at radius 3 is 2.94 bits per heavy atom. The number of ether oxygens (including phenoxy) is 1. The maximum absolute atomic E-state index is 5.97. The molecular weight excluding hydrogens is 320 g/mol. The molecule has 0 spiro atoms. The molecule has 0 amide bonds. The smallest absolute Gasteiger partial charge is 0.240 e. The van der Waals surface area contributed by atoms with E-state index in [1.807, 2.05) is 6.92 Å². The van der Waals surface area contributed by atoms with Gasteiger partial charge in [-0.2, -0.15) is 4.98 Å². The summed E-state index contributed by atoms with van der Waals surface area (Å²) in [6, 6.07) is 5.29. The molecule has 1 unspecified atom stereocenters. The number of methoxy groups -OCH3 is 1. The van der Waals surface area contributed by atoms with Gasteiger partial charge in [0.25, 0.3) is 0 Å². The van der Waals surface area contributed by atoms with E-state index in [1.54, 1.807) is 25.3 Å². The Morgan fingerprint density at radius 1 is 1.50 bits per heavy atom. The number of nitrogens with zero attached hydrogens (tertiary/aromatic N) is 2. The largest absolute Gasteiger partial charge is 0.496 e. The summed E-state index contributed by atoms with van der Waals surface area (Å²) in [6.45, 7) is 2.03. The molecule has 96 valence electrons. The number of benzene rings is 1. The van der Waals surface area contributed by atoms with Gasteiger partial charge < -0.3 is 9.26 Å². The minimum absolute atomic E-state index is 0.0592. The molecule has 0 saturated carbocycles. The van der Waals surface area contributed by atoms with Crippen LogP contribution in [-0.4, -0.2) is 17.3 Å². The van der Waals surface area contributed by atoms with Crippen LogP contribution in [0, 0.1) is 0 Å². The van der Waals surface area contributed by atoms with Gasteiger partial charge in [0.2, 0.25) is 11.7 Å². The molecule has 0 N–H and O–H groups in total. The fraction of sp³-hybridized carbons (Fsp3) is 0.333. The van der Waals surface area contributed by atoms with Crippen LogP contribution in [0.3, 0.4) is 0 Å². The molecule has 0 fully saturated rings. The molecule has 1 aromatic carbocycles. The molecule has 1 aromatic heterocycles. The monoisotopic (exact) mass is 330 g/mol. The van der Waals surface area contributed by atoms with E-state index in [0.717, 1.165) is 12.0 Å². The molecule has 2 aromatic rings. The van der Waals surface area contributed by atoms with Crippen LogP contribution in [0.5, 0.6) is 5.75 Å². The van der Waals surface area contributed by atoms with E-state index in [0.29, 0.717) is 22.5 Å². The van der Waals surface area contributed by atoms with Crippen LogP contribution in [0.1, 0.15) is 24.1 Å². The van der Waals surface area contributed by atoms with Gasteiger partial charge in [-0.25, -0.2) is 0 Å². The maximum Gasteiger partial charge on any atom is 0.240 e. The molecular formula is C12H12BrClN2O2. The van der Waals surface area contributed by atoms with Crippen molar-refractivity contribution in [3.05, 3.63) is 29.1 Å². The van der Waals surface area contributed by atoms with Crippen LogP contribution in [0.25, 0.3) is 11.4 Å². The summed E-state index contributed by atoms with van der Waals surface area (Å²) >= 11 is 9.44. The van der Waals surface area contributed by atoms with Gasteiger partial charge in [0.15, 0.2) is 0 Å². The summed E-state index contributed by atoms with van der Waals surface area (Å²) in [5.41, 5.74) is 0.718. The first-order chi connectivity index (χ1) is 8.65. The fourth-order valence-corrected chi connectivity index (χ4v) is 1.86. The van der Waals surface area contributed by atoms with E-state index in [9.17, 15) is 0 Å². The molecule has 0 saturated heterocycles. The molecule has 2 rings (SSSR count). The Bertz CT molecular complexity index is 545. The molecule has 4 nitrogen and oxygen atoms in total. The predicted molar refractivity (Wildman–Crippen MR) is 73.3 cm³/mol. The third kappa shape index (κ3) is 2.67. The van der Waals surface area contributed by atoms with E-state index in [2.05, 4.69) is 26.1 Å². The van der Waals surface area contributed by atoms with Gasteiger partial charge in [0, 0.05) is 5.02 Å². The lowest BCUT2D eigenvalue weighted by atomic mass is 10.2. The molecule has 0 aliphatic heterocycles. The first kappa shape index (κ1) is 13.4. The summed E-state index contributed by atoms with van der Waals surface area (Å²) in [5.74, 6) is 1.69. The number of aromatic nitrogens is 2. The van der Waals surface area contributed by atoms with E-state index < -0.39 is 0 Å². The van der Waals surface area contributed by atoms with Crippen molar-refractivity contribution in [2.24, 2.45) is 0 Å². The van der Waals surface area contributed by atoms with Gasteiger partial charge in [0.05, 0.1) is 17.5 Å². The highest BCUT2D eigenvalue weighted by molar-refractivity contribution is 9.09. The van der Waals surface area contributed by atoms with E-state index in [-0.39, 0.29) is 4.83 Å². The van der Waals surface area contributed by atoms with Crippen molar-refractivity contribution in [2.45, 2.75) is 18.2 Å². The molecule has 0 bridgehead atoms. The Balaban J connectivity index is 2.42. The summed E-state index contributed by atoms with van der Waals surface area (Å²) < 4.78 is 10.5. The highest BCUT2D eigenvalue weighted by atomic mass is 79.9. The van der Waals surface area contributed by atoms with Crippen molar-refractivity contribution in [1.82, 2.24) is 10.1 Å². The second-order valence-corrected chi connectivity index (χ2v) is 5.22. The molecule has 0 aliphatic carbocycles. The molecule has 0 aliphatic rings. The van der Waals surface area contributed by atoms with Crippen molar-refractivity contribution in [1.29, 1.82) is 0 Å². The zero-order valence-corrected chi connectivity index (χ0v) is 12.3. The normalized spacial score (nSPS) is 12.4. The predicted octanol–water partition coefficient (Wildman–Crippen LogP) is 4.24.